The van der Waals surface area contributed by atoms with Crippen LogP contribution in [0.2, 0.25) is 0 Å². The van der Waals surface area contributed by atoms with Crippen molar-refractivity contribution < 1.29 is 14.3 Å². The molecule has 1 aliphatic rings. The van der Waals surface area contributed by atoms with Crippen LogP contribution in [0.15, 0.2) is 24.3 Å². The van der Waals surface area contributed by atoms with E-state index in [2.05, 4.69) is 17.6 Å². The monoisotopic (exact) mass is 342 g/mol. The lowest BCUT2D eigenvalue weighted by Crippen LogP contribution is -2.40. The van der Waals surface area contributed by atoms with Crippen molar-refractivity contribution in [1.82, 2.24) is 5.32 Å². The second kappa shape index (κ2) is 10.5. The summed E-state index contributed by atoms with van der Waals surface area (Å²) in [5.41, 5.74) is 0.792. The van der Waals surface area contributed by atoms with Crippen LogP contribution in [-0.4, -0.2) is 38.8 Å². The van der Waals surface area contributed by atoms with E-state index in [1.54, 1.807) is 7.11 Å². The number of amides is 1. The molecule has 0 radical (unpaired) electrons. The van der Waals surface area contributed by atoms with E-state index in [0.717, 1.165) is 37.2 Å². The quantitative estimate of drug-likeness (QED) is 0.748. The molecule has 1 fully saturated rings. The number of anilines is 1. The van der Waals surface area contributed by atoms with Crippen LogP contribution in [0.3, 0.4) is 0 Å². The molecule has 0 spiro atoms. The summed E-state index contributed by atoms with van der Waals surface area (Å²) in [6.07, 6.45) is 2.63. The van der Waals surface area contributed by atoms with Gasteiger partial charge in [0.25, 0.3) is 0 Å². The molecule has 23 heavy (non-hydrogen) atoms. The maximum Gasteiger partial charge on any atom is 0.227 e. The summed E-state index contributed by atoms with van der Waals surface area (Å²) in [5.74, 6) is 0.958. The van der Waals surface area contributed by atoms with Crippen LogP contribution in [0.5, 0.6) is 5.75 Å². The predicted molar refractivity (Wildman–Crippen MR) is 94.5 cm³/mol. The maximum atomic E-state index is 12.3. The van der Waals surface area contributed by atoms with Crippen LogP contribution in [0.1, 0.15) is 26.2 Å². The largest absolute Gasteiger partial charge is 0.493 e. The van der Waals surface area contributed by atoms with Crippen molar-refractivity contribution in [2.75, 3.05) is 32.2 Å². The van der Waals surface area contributed by atoms with Crippen LogP contribution < -0.4 is 15.4 Å². The van der Waals surface area contributed by atoms with Crippen molar-refractivity contribution in [2.24, 2.45) is 5.92 Å². The van der Waals surface area contributed by atoms with Gasteiger partial charge in [0, 0.05) is 43.9 Å². The molecule has 0 aliphatic carbocycles. The number of benzene rings is 1. The Morgan fingerprint density at radius 2 is 2.22 bits per heavy atom. The first-order chi connectivity index (χ1) is 10.7. The summed E-state index contributed by atoms with van der Waals surface area (Å²) in [4.78, 5) is 12.3. The van der Waals surface area contributed by atoms with Crippen molar-refractivity contribution in [3.63, 3.8) is 0 Å². The van der Waals surface area contributed by atoms with Crippen LogP contribution in [0.4, 0.5) is 5.69 Å². The third kappa shape index (κ3) is 6.77. The Balaban J connectivity index is 0.00000264. The van der Waals surface area contributed by atoms with Gasteiger partial charge < -0.3 is 20.1 Å². The molecule has 1 aromatic carbocycles. The highest BCUT2D eigenvalue weighted by Gasteiger charge is 2.24. The van der Waals surface area contributed by atoms with Gasteiger partial charge in [-0.1, -0.05) is 6.07 Å². The normalized spacial score (nSPS) is 20.4. The fourth-order valence-electron chi connectivity index (χ4n) is 2.67. The molecular formula is C17H27ClN2O3. The Morgan fingerprint density at radius 3 is 2.96 bits per heavy atom. The zero-order valence-electron chi connectivity index (χ0n) is 13.8. The van der Waals surface area contributed by atoms with Gasteiger partial charge in [-0.25, -0.2) is 0 Å². The fourth-order valence-corrected chi connectivity index (χ4v) is 2.67. The third-order valence-corrected chi connectivity index (χ3v) is 3.86. The number of nitrogens with one attached hydrogen (secondary N) is 2. The maximum absolute atomic E-state index is 12.3. The predicted octanol–water partition coefficient (Wildman–Crippen LogP) is 2.85. The third-order valence-electron chi connectivity index (χ3n) is 3.86. The lowest BCUT2D eigenvalue weighted by molar-refractivity contribution is -0.120. The average molecular weight is 343 g/mol. The Labute approximate surface area is 144 Å². The highest BCUT2D eigenvalue weighted by molar-refractivity contribution is 5.92. The standard InChI is InChI=1S/C17H26N2O3.ClH/c1-13-11-14(7-8-18-13)17(20)19-15-5-3-6-16(12-15)22-10-4-9-21-2;/h3,5-6,12-14,18H,4,7-11H2,1-2H3,(H,19,20);1H/t13-,14-;/m0./s1. The number of ether oxygens (including phenoxy) is 2. The highest BCUT2D eigenvalue weighted by atomic mass is 35.5. The molecule has 1 saturated heterocycles. The molecule has 2 rings (SSSR count). The minimum atomic E-state index is 0. The number of rotatable bonds is 7. The van der Waals surface area contributed by atoms with Crippen molar-refractivity contribution in [2.45, 2.75) is 32.2 Å². The zero-order chi connectivity index (χ0) is 15.8. The summed E-state index contributed by atoms with van der Waals surface area (Å²) in [7, 11) is 1.68. The van der Waals surface area contributed by atoms with Gasteiger partial charge in [-0.05, 0) is 38.4 Å². The van der Waals surface area contributed by atoms with Gasteiger partial charge in [0.15, 0.2) is 0 Å². The Morgan fingerprint density at radius 1 is 1.39 bits per heavy atom. The molecule has 1 aliphatic heterocycles. The van der Waals surface area contributed by atoms with Crippen LogP contribution >= 0.6 is 12.4 Å². The minimum absolute atomic E-state index is 0. The average Bonchev–Trinajstić information content (AvgIpc) is 2.52. The zero-order valence-corrected chi connectivity index (χ0v) is 14.7. The molecule has 130 valence electrons. The second-order valence-corrected chi connectivity index (χ2v) is 5.79. The van der Waals surface area contributed by atoms with E-state index in [4.69, 9.17) is 9.47 Å². The Bertz CT molecular complexity index is 485. The highest BCUT2D eigenvalue weighted by Crippen LogP contribution is 2.21. The topological polar surface area (TPSA) is 59.6 Å². The van der Waals surface area contributed by atoms with Crippen LogP contribution in [-0.2, 0) is 9.53 Å². The molecule has 6 heteroatoms. The number of piperidine rings is 1. The SMILES string of the molecule is COCCCOc1cccc(NC(=O)[C@H]2CCN[C@@H](C)C2)c1.Cl. The molecule has 1 heterocycles. The summed E-state index contributed by atoms with van der Waals surface area (Å²) in [6, 6.07) is 7.96. The Kier molecular flexibility index (Phi) is 8.99. The number of carbonyl (C=O) groups is 1. The first-order valence-corrected chi connectivity index (χ1v) is 7.95. The van der Waals surface area contributed by atoms with Crippen LogP contribution in [0.25, 0.3) is 0 Å². The lowest BCUT2D eigenvalue weighted by Gasteiger charge is -2.27. The van der Waals surface area contributed by atoms with Crippen molar-refractivity contribution >= 4 is 24.0 Å². The molecule has 5 nitrogen and oxygen atoms in total. The van der Waals surface area contributed by atoms with Crippen molar-refractivity contribution in [1.29, 1.82) is 0 Å². The molecule has 0 saturated carbocycles. The molecule has 0 bridgehead atoms. The van der Waals surface area contributed by atoms with E-state index in [9.17, 15) is 4.79 Å². The molecule has 1 amide bonds. The lowest BCUT2D eigenvalue weighted by atomic mass is 9.92. The van der Waals surface area contributed by atoms with Gasteiger partial charge >= 0.3 is 0 Å². The molecule has 2 N–H and O–H groups in total. The first kappa shape index (κ1) is 19.7. The second-order valence-electron chi connectivity index (χ2n) is 5.79. The van der Waals surface area contributed by atoms with Gasteiger partial charge in [0.05, 0.1) is 6.61 Å². The molecule has 0 unspecified atom stereocenters. The van der Waals surface area contributed by atoms with E-state index in [0.29, 0.717) is 19.3 Å². The molecule has 2 atom stereocenters. The number of hydrogen-bond acceptors (Lipinski definition) is 4. The van der Waals surface area contributed by atoms with E-state index in [1.807, 2.05) is 24.3 Å². The Hall–Kier alpha value is -1.30. The minimum Gasteiger partial charge on any atom is -0.493 e. The summed E-state index contributed by atoms with van der Waals surface area (Å²) < 4.78 is 10.6. The smallest absolute Gasteiger partial charge is 0.227 e. The van der Waals surface area contributed by atoms with Crippen molar-refractivity contribution in [3.8, 4) is 5.75 Å². The first-order valence-electron chi connectivity index (χ1n) is 7.95. The number of methoxy groups -OCH3 is 1. The van der Waals surface area contributed by atoms with E-state index < -0.39 is 0 Å². The summed E-state index contributed by atoms with van der Waals surface area (Å²) in [6.45, 7) is 4.32. The van der Waals surface area contributed by atoms with Gasteiger partial charge in [0.2, 0.25) is 5.91 Å². The van der Waals surface area contributed by atoms with Gasteiger partial charge in [-0.15, -0.1) is 12.4 Å². The number of hydrogen-bond donors (Lipinski definition) is 2. The van der Waals surface area contributed by atoms with Crippen LogP contribution in [0, 0.1) is 5.92 Å². The fraction of sp³-hybridized carbons (Fsp3) is 0.588. The summed E-state index contributed by atoms with van der Waals surface area (Å²) in [5, 5.41) is 6.37. The number of carbonyl (C=O) groups excluding carboxylic acids is 1. The number of halogens is 1. The molecule has 0 aromatic heterocycles. The molecule has 1 aromatic rings. The molecular weight excluding hydrogens is 316 g/mol. The van der Waals surface area contributed by atoms with E-state index >= 15 is 0 Å². The van der Waals surface area contributed by atoms with E-state index in [-0.39, 0.29) is 24.2 Å². The summed E-state index contributed by atoms with van der Waals surface area (Å²) >= 11 is 0. The van der Waals surface area contributed by atoms with E-state index in [1.165, 1.54) is 0 Å². The van der Waals surface area contributed by atoms with Gasteiger partial charge in [-0.2, -0.15) is 0 Å². The van der Waals surface area contributed by atoms with Gasteiger partial charge in [-0.3, -0.25) is 4.79 Å². The van der Waals surface area contributed by atoms with Crippen molar-refractivity contribution in [3.05, 3.63) is 24.3 Å². The van der Waals surface area contributed by atoms with Gasteiger partial charge in [0.1, 0.15) is 5.75 Å².